The summed E-state index contributed by atoms with van der Waals surface area (Å²) in [5.74, 6) is 1.14. The van der Waals surface area contributed by atoms with Crippen LogP contribution in [0.15, 0.2) is 18.7 Å². The summed E-state index contributed by atoms with van der Waals surface area (Å²) >= 11 is 12.1. The molecule has 0 unspecified atom stereocenters. The van der Waals surface area contributed by atoms with Gasteiger partial charge in [0.1, 0.15) is 12.2 Å². The molecule has 6 nitrogen and oxygen atoms in total. The normalized spacial score (nSPS) is 16.0. The molecular weight excluding hydrogens is 325 g/mol. The third kappa shape index (κ3) is 2.80. The van der Waals surface area contributed by atoms with Crippen LogP contribution >= 0.6 is 23.2 Å². The summed E-state index contributed by atoms with van der Waals surface area (Å²) in [7, 11) is 1.93. The number of carbonyl (C=O) groups excluding carboxylic acids is 1. The first-order valence-corrected chi connectivity index (χ1v) is 7.75. The van der Waals surface area contributed by atoms with E-state index in [2.05, 4.69) is 15.2 Å². The van der Waals surface area contributed by atoms with Gasteiger partial charge in [-0.2, -0.15) is 0 Å². The number of aromatic nitrogens is 4. The van der Waals surface area contributed by atoms with Crippen LogP contribution in [0.2, 0.25) is 10.0 Å². The van der Waals surface area contributed by atoms with Gasteiger partial charge in [-0.3, -0.25) is 9.78 Å². The Bertz CT molecular complexity index is 674. The molecule has 1 saturated heterocycles. The molecule has 116 valence electrons. The molecule has 1 fully saturated rings. The molecule has 0 radical (unpaired) electrons. The van der Waals surface area contributed by atoms with Crippen molar-refractivity contribution in [3.8, 4) is 0 Å². The largest absolute Gasteiger partial charge is 0.339 e. The third-order valence-corrected chi connectivity index (χ3v) is 4.53. The summed E-state index contributed by atoms with van der Waals surface area (Å²) in [6, 6.07) is 0. The minimum absolute atomic E-state index is 0.145. The Hall–Kier alpha value is -1.66. The van der Waals surface area contributed by atoms with Crippen LogP contribution in [-0.4, -0.2) is 43.6 Å². The number of piperidine rings is 1. The van der Waals surface area contributed by atoms with E-state index in [1.165, 1.54) is 12.4 Å². The fraction of sp³-hybridized carbons (Fsp3) is 0.429. The topological polar surface area (TPSA) is 63.9 Å². The number of pyridine rings is 1. The van der Waals surface area contributed by atoms with Crippen LogP contribution in [0.3, 0.4) is 0 Å². The van der Waals surface area contributed by atoms with Crippen molar-refractivity contribution in [1.29, 1.82) is 0 Å². The molecule has 3 rings (SSSR count). The molecule has 3 heterocycles. The molecule has 0 aliphatic carbocycles. The maximum absolute atomic E-state index is 12.6. The lowest BCUT2D eigenvalue weighted by molar-refractivity contribution is 0.0710. The monoisotopic (exact) mass is 339 g/mol. The average Bonchev–Trinajstić information content (AvgIpc) is 2.93. The zero-order valence-corrected chi connectivity index (χ0v) is 13.5. The number of halogens is 2. The SMILES string of the molecule is Cn1cnnc1C1CCN(C(=O)c2c(Cl)cncc2Cl)CC1. The molecule has 0 saturated carbocycles. The van der Waals surface area contributed by atoms with E-state index in [0.717, 1.165) is 18.7 Å². The van der Waals surface area contributed by atoms with E-state index >= 15 is 0 Å². The molecule has 0 bridgehead atoms. The fourth-order valence-corrected chi connectivity index (χ4v) is 3.30. The third-order valence-electron chi connectivity index (χ3n) is 3.96. The molecule has 1 aliphatic heterocycles. The highest BCUT2D eigenvalue weighted by Gasteiger charge is 2.28. The second kappa shape index (κ2) is 6.22. The first-order valence-electron chi connectivity index (χ1n) is 7.00. The number of aryl methyl sites for hydroxylation is 1. The minimum atomic E-state index is -0.145. The van der Waals surface area contributed by atoms with Gasteiger partial charge in [-0.25, -0.2) is 0 Å². The summed E-state index contributed by atoms with van der Waals surface area (Å²) in [4.78, 5) is 18.3. The van der Waals surface area contributed by atoms with Crippen molar-refractivity contribution < 1.29 is 4.79 Å². The molecular formula is C14H15Cl2N5O. The van der Waals surface area contributed by atoms with Gasteiger partial charge in [-0.1, -0.05) is 23.2 Å². The predicted octanol–water partition coefficient (Wildman–Crippen LogP) is 2.54. The van der Waals surface area contributed by atoms with Crippen molar-refractivity contribution >= 4 is 29.1 Å². The molecule has 2 aromatic rings. The maximum Gasteiger partial charge on any atom is 0.257 e. The van der Waals surface area contributed by atoms with Gasteiger partial charge in [0, 0.05) is 38.4 Å². The van der Waals surface area contributed by atoms with E-state index in [0.29, 0.717) is 24.6 Å². The lowest BCUT2D eigenvalue weighted by atomic mass is 9.95. The van der Waals surface area contributed by atoms with Crippen LogP contribution in [0.5, 0.6) is 0 Å². The van der Waals surface area contributed by atoms with Gasteiger partial charge in [-0.05, 0) is 12.8 Å². The van der Waals surface area contributed by atoms with Crippen LogP contribution in [0.25, 0.3) is 0 Å². The quantitative estimate of drug-likeness (QED) is 0.843. The standard InChI is InChI=1S/C14H15Cl2N5O/c1-20-8-18-19-13(20)9-2-4-21(5-3-9)14(22)12-10(15)6-17-7-11(12)16/h6-9H,2-5H2,1H3. The lowest BCUT2D eigenvalue weighted by Gasteiger charge is -2.31. The van der Waals surface area contributed by atoms with Crippen molar-refractivity contribution in [2.24, 2.45) is 7.05 Å². The zero-order chi connectivity index (χ0) is 15.7. The number of hydrogen-bond donors (Lipinski definition) is 0. The summed E-state index contributed by atoms with van der Waals surface area (Å²) in [6.45, 7) is 1.29. The molecule has 8 heteroatoms. The number of likely N-dealkylation sites (tertiary alicyclic amines) is 1. The van der Waals surface area contributed by atoms with Crippen molar-refractivity contribution in [1.82, 2.24) is 24.6 Å². The van der Waals surface area contributed by atoms with Gasteiger partial charge in [0.15, 0.2) is 0 Å². The molecule has 0 atom stereocenters. The first kappa shape index (κ1) is 15.2. The Morgan fingerprint density at radius 3 is 2.41 bits per heavy atom. The van der Waals surface area contributed by atoms with Crippen LogP contribution in [0.1, 0.15) is 34.9 Å². The van der Waals surface area contributed by atoms with Gasteiger partial charge in [0.25, 0.3) is 5.91 Å². The van der Waals surface area contributed by atoms with E-state index in [-0.39, 0.29) is 16.0 Å². The van der Waals surface area contributed by atoms with Crippen molar-refractivity contribution in [2.75, 3.05) is 13.1 Å². The van der Waals surface area contributed by atoms with Crippen LogP contribution in [0.4, 0.5) is 0 Å². The number of carbonyl (C=O) groups is 1. The summed E-state index contributed by atoms with van der Waals surface area (Å²) in [6.07, 6.45) is 6.26. The van der Waals surface area contributed by atoms with Gasteiger partial charge < -0.3 is 9.47 Å². The number of hydrogen-bond acceptors (Lipinski definition) is 4. The van der Waals surface area contributed by atoms with Crippen LogP contribution in [0, 0.1) is 0 Å². The second-order valence-electron chi connectivity index (χ2n) is 5.34. The Labute approximate surface area is 138 Å². The molecule has 0 aromatic carbocycles. The van der Waals surface area contributed by atoms with Crippen molar-refractivity contribution in [3.63, 3.8) is 0 Å². The molecule has 22 heavy (non-hydrogen) atoms. The van der Waals surface area contributed by atoms with E-state index in [1.54, 1.807) is 11.2 Å². The zero-order valence-electron chi connectivity index (χ0n) is 12.0. The molecule has 0 spiro atoms. The molecule has 0 N–H and O–H groups in total. The van der Waals surface area contributed by atoms with E-state index in [4.69, 9.17) is 23.2 Å². The van der Waals surface area contributed by atoms with Gasteiger partial charge in [0.2, 0.25) is 0 Å². The van der Waals surface area contributed by atoms with E-state index in [9.17, 15) is 4.79 Å². The van der Waals surface area contributed by atoms with Crippen LogP contribution in [-0.2, 0) is 7.05 Å². The number of rotatable bonds is 2. The van der Waals surface area contributed by atoms with Gasteiger partial charge in [-0.15, -0.1) is 10.2 Å². The average molecular weight is 340 g/mol. The molecule has 1 aliphatic rings. The first-order chi connectivity index (χ1) is 10.6. The number of amides is 1. The summed E-state index contributed by atoms with van der Waals surface area (Å²) in [5.41, 5.74) is 0.329. The molecule has 2 aromatic heterocycles. The van der Waals surface area contributed by atoms with E-state index < -0.39 is 0 Å². The number of nitrogens with zero attached hydrogens (tertiary/aromatic N) is 5. The fourth-order valence-electron chi connectivity index (χ4n) is 2.78. The minimum Gasteiger partial charge on any atom is -0.339 e. The van der Waals surface area contributed by atoms with Crippen molar-refractivity contribution in [3.05, 3.63) is 40.2 Å². The van der Waals surface area contributed by atoms with Gasteiger partial charge in [0.05, 0.1) is 15.6 Å². The Morgan fingerprint density at radius 1 is 1.23 bits per heavy atom. The van der Waals surface area contributed by atoms with E-state index in [1.807, 2.05) is 11.6 Å². The van der Waals surface area contributed by atoms with Gasteiger partial charge >= 0.3 is 0 Å². The molecule has 1 amide bonds. The predicted molar refractivity (Wildman–Crippen MR) is 83.1 cm³/mol. The smallest absolute Gasteiger partial charge is 0.257 e. The Kier molecular flexibility index (Phi) is 4.31. The van der Waals surface area contributed by atoms with Crippen molar-refractivity contribution in [2.45, 2.75) is 18.8 Å². The summed E-state index contributed by atoms with van der Waals surface area (Å²) < 4.78 is 1.93. The Balaban J connectivity index is 1.71. The Morgan fingerprint density at radius 2 is 1.86 bits per heavy atom. The second-order valence-corrected chi connectivity index (χ2v) is 6.16. The lowest BCUT2D eigenvalue weighted by Crippen LogP contribution is -2.38. The highest BCUT2D eigenvalue weighted by Crippen LogP contribution is 2.29. The highest BCUT2D eigenvalue weighted by atomic mass is 35.5. The van der Waals surface area contributed by atoms with Crippen LogP contribution < -0.4 is 0 Å². The summed E-state index contributed by atoms with van der Waals surface area (Å²) in [5, 5.41) is 8.64. The maximum atomic E-state index is 12.6. The highest BCUT2D eigenvalue weighted by molar-refractivity contribution is 6.39.